The molecule has 0 saturated heterocycles. The number of aryl methyl sites for hydroxylation is 1. The standard InChI is InChI=1S/C14H21N3O/c1-10-4-5-13(18-3)12(8-10)6-7-15-14-16-9-11(2)17-14/h4-5,8,11H,6-7,9H2,1-3H3,(H2,15,16,17). The van der Waals surface area contributed by atoms with E-state index in [2.05, 4.69) is 41.6 Å². The number of ether oxygens (including phenoxy) is 1. The Hall–Kier alpha value is -1.71. The Labute approximate surface area is 108 Å². The Morgan fingerprint density at radius 2 is 2.33 bits per heavy atom. The van der Waals surface area contributed by atoms with Crippen molar-refractivity contribution in [2.45, 2.75) is 26.3 Å². The second kappa shape index (κ2) is 5.76. The van der Waals surface area contributed by atoms with Crippen LogP contribution in [0.3, 0.4) is 0 Å². The predicted octanol–water partition coefficient (Wildman–Crippen LogP) is 1.48. The summed E-state index contributed by atoms with van der Waals surface area (Å²) in [5, 5.41) is 6.60. The van der Waals surface area contributed by atoms with Crippen molar-refractivity contribution in [1.29, 1.82) is 0 Å². The molecular formula is C14H21N3O. The van der Waals surface area contributed by atoms with Gasteiger partial charge in [0.15, 0.2) is 5.96 Å². The Bertz CT molecular complexity index is 443. The van der Waals surface area contributed by atoms with E-state index in [1.54, 1.807) is 7.11 Å². The maximum absolute atomic E-state index is 5.37. The number of nitrogens with one attached hydrogen (secondary N) is 2. The fourth-order valence-corrected chi connectivity index (χ4v) is 2.08. The van der Waals surface area contributed by atoms with Crippen molar-refractivity contribution < 1.29 is 4.74 Å². The quantitative estimate of drug-likeness (QED) is 0.847. The first-order valence-electron chi connectivity index (χ1n) is 6.37. The number of guanidine groups is 1. The van der Waals surface area contributed by atoms with Crippen LogP contribution in [0.2, 0.25) is 0 Å². The van der Waals surface area contributed by atoms with Gasteiger partial charge in [0.1, 0.15) is 5.75 Å². The SMILES string of the molecule is COc1ccc(C)cc1CCNC1=NCC(C)N1. The highest BCUT2D eigenvalue weighted by atomic mass is 16.5. The van der Waals surface area contributed by atoms with Gasteiger partial charge >= 0.3 is 0 Å². The second-order valence-corrected chi connectivity index (χ2v) is 4.73. The van der Waals surface area contributed by atoms with E-state index in [-0.39, 0.29) is 0 Å². The minimum absolute atomic E-state index is 0.445. The maximum atomic E-state index is 5.37. The van der Waals surface area contributed by atoms with Gasteiger partial charge in [-0.2, -0.15) is 0 Å². The van der Waals surface area contributed by atoms with Crippen LogP contribution in [0.4, 0.5) is 0 Å². The van der Waals surface area contributed by atoms with Crippen molar-refractivity contribution in [2.24, 2.45) is 4.99 Å². The smallest absolute Gasteiger partial charge is 0.191 e. The van der Waals surface area contributed by atoms with Crippen molar-refractivity contribution >= 4 is 5.96 Å². The molecule has 1 atom stereocenters. The van der Waals surface area contributed by atoms with Crippen molar-refractivity contribution in [2.75, 3.05) is 20.2 Å². The Morgan fingerprint density at radius 3 is 3.00 bits per heavy atom. The Balaban J connectivity index is 1.88. The fourth-order valence-electron chi connectivity index (χ4n) is 2.08. The monoisotopic (exact) mass is 247 g/mol. The summed E-state index contributed by atoms with van der Waals surface area (Å²) in [4.78, 5) is 4.37. The summed E-state index contributed by atoms with van der Waals surface area (Å²) in [7, 11) is 1.71. The molecule has 0 saturated carbocycles. The zero-order valence-corrected chi connectivity index (χ0v) is 11.3. The van der Waals surface area contributed by atoms with E-state index in [0.29, 0.717) is 6.04 Å². The summed E-state index contributed by atoms with van der Waals surface area (Å²) in [5.74, 6) is 1.87. The highest BCUT2D eigenvalue weighted by Gasteiger charge is 2.11. The molecule has 0 fully saturated rings. The van der Waals surface area contributed by atoms with Crippen LogP contribution < -0.4 is 15.4 Å². The summed E-state index contributed by atoms with van der Waals surface area (Å²) >= 11 is 0. The van der Waals surface area contributed by atoms with Gasteiger partial charge in [-0.25, -0.2) is 0 Å². The highest BCUT2D eigenvalue weighted by Crippen LogP contribution is 2.19. The number of benzene rings is 1. The molecule has 0 radical (unpaired) electrons. The number of hydrogen-bond donors (Lipinski definition) is 2. The molecule has 4 nitrogen and oxygen atoms in total. The van der Waals surface area contributed by atoms with Crippen LogP contribution >= 0.6 is 0 Å². The van der Waals surface area contributed by atoms with Crippen LogP contribution in [-0.2, 0) is 6.42 Å². The van der Waals surface area contributed by atoms with Crippen LogP contribution in [0.5, 0.6) is 5.75 Å². The van der Waals surface area contributed by atoms with Gasteiger partial charge in [0, 0.05) is 12.6 Å². The summed E-state index contributed by atoms with van der Waals surface area (Å²) in [6.07, 6.45) is 0.930. The third-order valence-electron chi connectivity index (χ3n) is 3.03. The lowest BCUT2D eigenvalue weighted by molar-refractivity contribution is 0.409. The first-order chi connectivity index (χ1) is 8.69. The highest BCUT2D eigenvalue weighted by molar-refractivity contribution is 5.81. The van der Waals surface area contributed by atoms with Gasteiger partial charge in [-0.3, -0.25) is 4.99 Å². The Kier molecular flexibility index (Phi) is 4.07. The van der Waals surface area contributed by atoms with Gasteiger partial charge < -0.3 is 15.4 Å². The van der Waals surface area contributed by atoms with Gasteiger partial charge in [0.05, 0.1) is 13.7 Å². The Morgan fingerprint density at radius 1 is 1.50 bits per heavy atom. The number of nitrogens with zero attached hydrogens (tertiary/aromatic N) is 1. The first-order valence-corrected chi connectivity index (χ1v) is 6.37. The number of rotatable bonds is 4. The fraction of sp³-hybridized carbons (Fsp3) is 0.500. The zero-order valence-electron chi connectivity index (χ0n) is 11.3. The molecule has 0 aromatic heterocycles. The van der Waals surface area contributed by atoms with Gasteiger partial charge in [-0.05, 0) is 31.9 Å². The maximum Gasteiger partial charge on any atom is 0.191 e. The van der Waals surface area contributed by atoms with Gasteiger partial charge in [-0.1, -0.05) is 17.7 Å². The molecule has 1 unspecified atom stereocenters. The number of methoxy groups -OCH3 is 1. The molecule has 0 aliphatic carbocycles. The van der Waals surface area contributed by atoms with E-state index in [1.807, 2.05) is 6.07 Å². The zero-order chi connectivity index (χ0) is 13.0. The lowest BCUT2D eigenvalue weighted by Gasteiger charge is -2.11. The average molecular weight is 247 g/mol. The average Bonchev–Trinajstić information content (AvgIpc) is 2.75. The van der Waals surface area contributed by atoms with Crippen LogP contribution in [0, 0.1) is 6.92 Å². The largest absolute Gasteiger partial charge is 0.496 e. The normalized spacial score (nSPS) is 18.2. The lowest BCUT2D eigenvalue weighted by Crippen LogP contribution is -2.38. The lowest BCUT2D eigenvalue weighted by atomic mass is 10.1. The van der Waals surface area contributed by atoms with Crippen molar-refractivity contribution in [1.82, 2.24) is 10.6 Å². The first kappa shape index (κ1) is 12.7. The molecule has 2 rings (SSSR count). The van der Waals surface area contributed by atoms with E-state index in [1.165, 1.54) is 11.1 Å². The second-order valence-electron chi connectivity index (χ2n) is 4.73. The molecule has 0 amide bonds. The molecule has 1 aliphatic heterocycles. The van der Waals surface area contributed by atoms with Gasteiger partial charge in [0.25, 0.3) is 0 Å². The third kappa shape index (κ3) is 3.15. The number of hydrogen-bond acceptors (Lipinski definition) is 4. The van der Waals surface area contributed by atoms with Crippen molar-refractivity contribution in [3.8, 4) is 5.75 Å². The summed E-state index contributed by atoms with van der Waals surface area (Å²) in [5.41, 5.74) is 2.49. The summed E-state index contributed by atoms with van der Waals surface area (Å²) in [6.45, 7) is 5.94. The summed E-state index contributed by atoms with van der Waals surface area (Å²) in [6, 6.07) is 6.71. The molecule has 0 bridgehead atoms. The molecule has 1 aromatic rings. The molecule has 4 heteroatoms. The predicted molar refractivity (Wildman–Crippen MR) is 74.3 cm³/mol. The molecule has 2 N–H and O–H groups in total. The van der Waals surface area contributed by atoms with E-state index in [0.717, 1.165) is 31.2 Å². The summed E-state index contributed by atoms with van der Waals surface area (Å²) < 4.78 is 5.37. The van der Waals surface area contributed by atoms with Crippen LogP contribution in [0.15, 0.2) is 23.2 Å². The van der Waals surface area contributed by atoms with E-state index in [4.69, 9.17) is 4.74 Å². The minimum Gasteiger partial charge on any atom is -0.496 e. The molecule has 98 valence electrons. The topological polar surface area (TPSA) is 45.6 Å². The van der Waals surface area contributed by atoms with Gasteiger partial charge in [-0.15, -0.1) is 0 Å². The van der Waals surface area contributed by atoms with Crippen LogP contribution in [0.1, 0.15) is 18.1 Å². The van der Waals surface area contributed by atoms with Gasteiger partial charge in [0.2, 0.25) is 0 Å². The minimum atomic E-state index is 0.445. The molecule has 1 aromatic carbocycles. The molecule has 18 heavy (non-hydrogen) atoms. The molecule has 0 spiro atoms. The van der Waals surface area contributed by atoms with Crippen LogP contribution in [0.25, 0.3) is 0 Å². The third-order valence-corrected chi connectivity index (χ3v) is 3.03. The number of aliphatic imine (C=N–C) groups is 1. The van der Waals surface area contributed by atoms with E-state index < -0.39 is 0 Å². The van der Waals surface area contributed by atoms with E-state index >= 15 is 0 Å². The molecular weight excluding hydrogens is 226 g/mol. The van der Waals surface area contributed by atoms with Crippen molar-refractivity contribution in [3.63, 3.8) is 0 Å². The van der Waals surface area contributed by atoms with Crippen LogP contribution in [-0.4, -0.2) is 32.2 Å². The molecule has 1 aliphatic rings. The van der Waals surface area contributed by atoms with Crippen molar-refractivity contribution in [3.05, 3.63) is 29.3 Å². The molecule has 1 heterocycles. The van der Waals surface area contributed by atoms with E-state index in [9.17, 15) is 0 Å².